The third kappa shape index (κ3) is 5.13. The minimum atomic E-state index is -0.0117. The van der Waals surface area contributed by atoms with E-state index in [9.17, 15) is 4.79 Å². The first kappa shape index (κ1) is 16.5. The Bertz CT molecular complexity index is 598. The van der Waals surface area contributed by atoms with E-state index in [2.05, 4.69) is 20.8 Å². The fourth-order valence-electron chi connectivity index (χ4n) is 1.87. The van der Waals surface area contributed by atoms with Crippen LogP contribution in [0.2, 0.25) is 5.02 Å². The van der Waals surface area contributed by atoms with Gasteiger partial charge in [0.15, 0.2) is 0 Å². The molecule has 6 nitrogen and oxygen atoms in total. The number of halogens is 1. The second kappa shape index (κ2) is 8.51. The summed E-state index contributed by atoms with van der Waals surface area (Å²) in [5, 5.41) is 10.4. The van der Waals surface area contributed by atoms with Gasteiger partial charge < -0.3 is 15.2 Å². The molecule has 0 bridgehead atoms. The van der Waals surface area contributed by atoms with Crippen LogP contribution in [0.4, 0.5) is 0 Å². The predicted molar refractivity (Wildman–Crippen MR) is 84.6 cm³/mol. The maximum Gasteiger partial charge on any atom is 0.227 e. The van der Waals surface area contributed by atoms with Crippen molar-refractivity contribution in [2.45, 2.75) is 19.3 Å². The van der Waals surface area contributed by atoms with Crippen LogP contribution in [0.3, 0.4) is 0 Å². The number of nitrogens with one attached hydrogen (secondary N) is 2. The van der Waals surface area contributed by atoms with Crippen molar-refractivity contribution >= 4 is 17.5 Å². The van der Waals surface area contributed by atoms with Crippen LogP contribution in [-0.4, -0.2) is 36.2 Å². The zero-order valence-electron chi connectivity index (χ0n) is 12.4. The highest BCUT2D eigenvalue weighted by Crippen LogP contribution is 2.18. The number of carbonyl (C=O) groups excluding carboxylic acids is 1. The van der Waals surface area contributed by atoms with Crippen LogP contribution in [0.15, 0.2) is 28.8 Å². The standard InChI is InChI=1S/C15H19ClN4O2/c1-17-9-2-10-18-13(21)7-8-14-19-15(20-22-14)11-3-5-12(16)6-4-11/h3-6,17H,2,7-10H2,1H3,(H,18,21). The number of amides is 1. The van der Waals surface area contributed by atoms with Crippen LogP contribution >= 0.6 is 11.6 Å². The van der Waals surface area contributed by atoms with Gasteiger partial charge in [-0.05, 0) is 44.3 Å². The summed E-state index contributed by atoms with van der Waals surface area (Å²) in [6.07, 6.45) is 1.67. The van der Waals surface area contributed by atoms with E-state index in [1.807, 2.05) is 19.2 Å². The van der Waals surface area contributed by atoms with Gasteiger partial charge in [0.2, 0.25) is 17.6 Å². The largest absolute Gasteiger partial charge is 0.356 e. The number of carbonyl (C=O) groups is 1. The van der Waals surface area contributed by atoms with Gasteiger partial charge in [-0.15, -0.1) is 0 Å². The van der Waals surface area contributed by atoms with Crippen LogP contribution < -0.4 is 10.6 Å². The van der Waals surface area contributed by atoms with Crippen molar-refractivity contribution in [1.29, 1.82) is 0 Å². The molecule has 0 radical (unpaired) electrons. The first-order valence-electron chi connectivity index (χ1n) is 7.19. The highest BCUT2D eigenvalue weighted by Gasteiger charge is 2.10. The van der Waals surface area contributed by atoms with Crippen molar-refractivity contribution in [3.8, 4) is 11.4 Å². The van der Waals surface area contributed by atoms with Gasteiger partial charge in [-0.2, -0.15) is 4.98 Å². The summed E-state index contributed by atoms with van der Waals surface area (Å²) in [4.78, 5) is 15.9. The van der Waals surface area contributed by atoms with Crippen molar-refractivity contribution in [2.75, 3.05) is 20.1 Å². The first-order valence-corrected chi connectivity index (χ1v) is 7.56. The van der Waals surface area contributed by atoms with Gasteiger partial charge in [-0.25, -0.2) is 0 Å². The SMILES string of the molecule is CNCCCNC(=O)CCc1nc(-c2ccc(Cl)cc2)no1. The molecular weight excluding hydrogens is 304 g/mol. The summed E-state index contributed by atoms with van der Waals surface area (Å²) in [5.41, 5.74) is 0.830. The maximum absolute atomic E-state index is 11.7. The fraction of sp³-hybridized carbons (Fsp3) is 0.400. The quantitative estimate of drug-likeness (QED) is 0.727. The van der Waals surface area contributed by atoms with E-state index in [4.69, 9.17) is 16.1 Å². The summed E-state index contributed by atoms with van der Waals surface area (Å²) < 4.78 is 5.16. The Hall–Kier alpha value is -1.92. The smallest absolute Gasteiger partial charge is 0.227 e. The molecule has 2 rings (SSSR count). The number of nitrogens with zero attached hydrogens (tertiary/aromatic N) is 2. The second-order valence-electron chi connectivity index (χ2n) is 4.83. The van der Waals surface area contributed by atoms with Crippen LogP contribution in [-0.2, 0) is 11.2 Å². The minimum Gasteiger partial charge on any atom is -0.356 e. The molecule has 0 aliphatic carbocycles. The van der Waals surface area contributed by atoms with E-state index in [0.29, 0.717) is 36.1 Å². The highest BCUT2D eigenvalue weighted by molar-refractivity contribution is 6.30. The summed E-state index contributed by atoms with van der Waals surface area (Å²) in [7, 11) is 1.88. The Morgan fingerprint density at radius 2 is 2.05 bits per heavy atom. The molecule has 2 aromatic rings. The average molecular weight is 323 g/mol. The molecule has 0 atom stereocenters. The molecule has 0 spiro atoms. The van der Waals surface area contributed by atoms with E-state index < -0.39 is 0 Å². The number of aromatic nitrogens is 2. The van der Waals surface area contributed by atoms with Gasteiger partial charge >= 0.3 is 0 Å². The number of rotatable bonds is 8. The van der Waals surface area contributed by atoms with Crippen LogP contribution in [0.5, 0.6) is 0 Å². The zero-order chi connectivity index (χ0) is 15.8. The minimum absolute atomic E-state index is 0.0117. The van der Waals surface area contributed by atoms with Gasteiger partial charge in [-0.3, -0.25) is 4.79 Å². The lowest BCUT2D eigenvalue weighted by Crippen LogP contribution is -2.26. The molecule has 0 aliphatic heterocycles. The lowest BCUT2D eigenvalue weighted by Gasteiger charge is -2.03. The molecule has 0 saturated carbocycles. The monoisotopic (exact) mass is 322 g/mol. The van der Waals surface area contributed by atoms with E-state index in [-0.39, 0.29) is 5.91 Å². The van der Waals surface area contributed by atoms with Gasteiger partial charge in [0.1, 0.15) is 0 Å². The van der Waals surface area contributed by atoms with Crippen molar-refractivity contribution in [3.05, 3.63) is 35.2 Å². The van der Waals surface area contributed by atoms with Crippen LogP contribution in [0.1, 0.15) is 18.7 Å². The van der Waals surface area contributed by atoms with Gasteiger partial charge in [0.25, 0.3) is 0 Å². The predicted octanol–water partition coefficient (Wildman–Crippen LogP) is 2.05. The molecule has 22 heavy (non-hydrogen) atoms. The van der Waals surface area contributed by atoms with Gasteiger partial charge in [0, 0.05) is 30.0 Å². The molecular formula is C15H19ClN4O2. The van der Waals surface area contributed by atoms with E-state index in [1.165, 1.54) is 0 Å². The lowest BCUT2D eigenvalue weighted by atomic mass is 10.2. The van der Waals surface area contributed by atoms with Crippen molar-refractivity contribution in [2.24, 2.45) is 0 Å². The first-order chi connectivity index (χ1) is 10.7. The summed E-state index contributed by atoms with van der Waals surface area (Å²) in [6.45, 7) is 1.55. The summed E-state index contributed by atoms with van der Waals surface area (Å²) in [5.74, 6) is 0.943. The normalized spacial score (nSPS) is 10.6. The molecule has 1 aromatic carbocycles. The number of benzene rings is 1. The number of aryl methyl sites for hydroxylation is 1. The van der Waals surface area contributed by atoms with Crippen molar-refractivity contribution in [1.82, 2.24) is 20.8 Å². The molecule has 2 N–H and O–H groups in total. The summed E-state index contributed by atoms with van der Waals surface area (Å²) in [6, 6.07) is 7.19. The Balaban J connectivity index is 1.79. The Morgan fingerprint density at radius 3 is 2.77 bits per heavy atom. The molecule has 0 saturated heterocycles. The molecule has 1 aromatic heterocycles. The number of hydrogen-bond acceptors (Lipinski definition) is 5. The van der Waals surface area contributed by atoms with Crippen LogP contribution in [0, 0.1) is 0 Å². The molecule has 1 amide bonds. The molecule has 1 heterocycles. The molecule has 0 fully saturated rings. The Morgan fingerprint density at radius 1 is 1.27 bits per heavy atom. The highest BCUT2D eigenvalue weighted by atomic mass is 35.5. The maximum atomic E-state index is 11.7. The topological polar surface area (TPSA) is 80.0 Å². The van der Waals surface area contributed by atoms with Gasteiger partial charge in [-0.1, -0.05) is 16.8 Å². The van der Waals surface area contributed by atoms with Gasteiger partial charge in [0.05, 0.1) is 0 Å². The average Bonchev–Trinajstić information content (AvgIpc) is 2.99. The third-order valence-corrected chi connectivity index (χ3v) is 3.31. The van der Waals surface area contributed by atoms with E-state index in [1.54, 1.807) is 12.1 Å². The molecule has 0 unspecified atom stereocenters. The molecule has 118 valence electrons. The Kier molecular flexibility index (Phi) is 6.36. The fourth-order valence-corrected chi connectivity index (χ4v) is 2.00. The lowest BCUT2D eigenvalue weighted by molar-refractivity contribution is -0.121. The zero-order valence-corrected chi connectivity index (χ0v) is 13.2. The number of hydrogen-bond donors (Lipinski definition) is 2. The van der Waals surface area contributed by atoms with Crippen molar-refractivity contribution < 1.29 is 9.32 Å². The molecule has 7 heteroatoms. The van der Waals surface area contributed by atoms with Crippen LogP contribution in [0.25, 0.3) is 11.4 Å². The third-order valence-electron chi connectivity index (χ3n) is 3.06. The van der Waals surface area contributed by atoms with Crippen molar-refractivity contribution in [3.63, 3.8) is 0 Å². The molecule has 0 aliphatic rings. The summed E-state index contributed by atoms with van der Waals surface area (Å²) >= 11 is 5.84. The second-order valence-corrected chi connectivity index (χ2v) is 5.26. The van der Waals surface area contributed by atoms with E-state index >= 15 is 0 Å². The Labute approximate surface area is 134 Å². The van der Waals surface area contributed by atoms with E-state index in [0.717, 1.165) is 18.5 Å².